The van der Waals surface area contributed by atoms with E-state index < -0.39 is 10.8 Å². The first-order chi connectivity index (χ1) is 7.84. The lowest BCUT2D eigenvalue weighted by atomic mass is 10.1. The van der Waals surface area contributed by atoms with E-state index in [-0.39, 0.29) is 0 Å². The van der Waals surface area contributed by atoms with Crippen LogP contribution in [0.1, 0.15) is 25.1 Å². The zero-order valence-corrected chi connectivity index (χ0v) is 10.1. The number of nitrogens with zero attached hydrogens (tertiary/aromatic N) is 2. The maximum Gasteiger partial charge on any atom is 0.137 e. The van der Waals surface area contributed by atoms with Gasteiger partial charge in [-0.15, -0.1) is 0 Å². The monoisotopic (exact) mass is 242 g/mol. The summed E-state index contributed by atoms with van der Waals surface area (Å²) < 4.78 is 11.2. The number of aromatic amines is 1. The fourth-order valence-electron chi connectivity index (χ4n) is 1.91. The molecule has 16 heavy (non-hydrogen) atoms. The molecule has 0 bridgehead atoms. The van der Waals surface area contributed by atoms with E-state index in [1.807, 2.05) is 0 Å². The molecule has 1 aromatic heterocycles. The summed E-state index contributed by atoms with van der Waals surface area (Å²) in [5.74, 6) is 2.67. The molecule has 2 N–H and O–H groups in total. The molecule has 2 heterocycles. The lowest BCUT2D eigenvalue weighted by molar-refractivity contribution is 0.469. The van der Waals surface area contributed by atoms with Crippen molar-refractivity contribution in [2.75, 3.05) is 18.1 Å². The Balaban J connectivity index is 1.56. The van der Waals surface area contributed by atoms with E-state index in [1.54, 1.807) is 6.33 Å². The second kappa shape index (κ2) is 6.10. The van der Waals surface area contributed by atoms with Crippen LogP contribution in [-0.4, -0.2) is 43.5 Å². The number of nitrogens with one attached hydrogen (secondary N) is 2. The Morgan fingerprint density at radius 3 is 3.00 bits per heavy atom. The van der Waals surface area contributed by atoms with Crippen molar-refractivity contribution in [2.45, 2.75) is 31.7 Å². The minimum absolute atomic E-state index is 0.556. The third-order valence-electron chi connectivity index (χ3n) is 2.88. The van der Waals surface area contributed by atoms with Gasteiger partial charge in [0, 0.05) is 34.8 Å². The maximum atomic E-state index is 11.2. The van der Waals surface area contributed by atoms with Gasteiger partial charge in [-0.1, -0.05) is 0 Å². The number of rotatable bonds is 5. The molecule has 5 nitrogen and oxygen atoms in total. The van der Waals surface area contributed by atoms with E-state index in [0.29, 0.717) is 6.04 Å². The van der Waals surface area contributed by atoms with Crippen LogP contribution in [0, 0.1) is 0 Å². The highest BCUT2D eigenvalue weighted by atomic mass is 32.2. The van der Waals surface area contributed by atoms with E-state index in [9.17, 15) is 4.21 Å². The first kappa shape index (κ1) is 11.7. The van der Waals surface area contributed by atoms with Crippen LogP contribution in [0.25, 0.3) is 0 Å². The summed E-state index contributed by atoms with van der Waals surface area (Å²) in [6.45, 7) is 0.998. The van der Waals surface area contributed by atoms with E-state index in [0.717, 1.165) is 49.6 Å². The van der Waals surface area contributed by atoms with Crippen LogP contribution in [0.5, 0.6) is 0 Å². The van der Waals surface area contributed by atoms with Crippen molar-refractivity contribution in [1.29, 1.82) is 0 Å². The van der Waals surface area contributed by atoms with Crippen LogP contribution in [0.15, 0.2) is 6.33 Å². The Morgan fingerprint density at radius 2 is 2.31 bits per heavy atom. The van der Waals surface area contributed by atoms with Crippen LogP contribution in [0.4, 0.5) is 0 Å². The van der Waals surface area contributed by atoms with Crippen LogP contribution in [-0.2, 0) is 17.2 Å². The summed E-state index contributed by atoms with van der Waals surface area (Å²) in [7, 11) is -0.556. The molecular formula is C10H18N4OS. The minimum atomic E-state index is -0.556. The van der Waals surface area contributed by atoms with E-state index in [4.69, 9.17) is 0 Å². The molecule has 0 radical (unpaired) electrons. The van der Waals surface area contributed by atoms with Crippen molar-refractivity contribution in [3.63, 3.8) is 0 Å². The Labute approximate surface area is 97.9 Å². The SMILES string of the molecule is O=S1CCC(NCCCc2ncn[nH]2)CC1. The Bertz CT molecular complexity index is 318. The van der Waals surface area contributed by atoms with Gasteiger partial charge in [-0.25, -0.2) is 4.98 Å². The summed E-state index contributed by atoms with van der Waals surface area (Å²) in [6, 6.07) is 0.562. The van der Waals surface area contributed by atoms with Gasteiger partial charge in [0.05, 0.1) is 0 Å². The van der Waals surface area contributed by atoms with Crippen LogP contribution in [0.2, 0.25) is 0 Å². The second-order valence-electron chi connectivity index (χ2n) is 4.11. The Morgan fingerprint density at radius 1 is 1.50 bits per heavy atom. The third-order valence-corrected chi connectivity index (χ3v) is 4.26. The normalized spacial score (nSPS) is 25.8. The Hall–Kier alpha value is -0.750. The predicted molar refractivity (Wildman–Crippen MR) is 63.6 cm³/mol. The molecule has 0 spiro atoms. The summed E-state index contributed by atoms with van der Waals surface area (Å²) in [5.41, 5.74) is 0. The van der Waals surface area contributed by atoms with Crippen molar-refractivity contribution < 1.29 is 4.21 Å². The predicted octanol–water partition coefficient (Wildman–Crippen LogP) is 0.238. The highest BCUT2D eigenvalue weighted by molar-refractivity contribution is 7.85. The molecule has 0 aromatic carbocycles. The molecule has 6 heteroatoms. The second-order valence-corrected chi connectivity index (χ2v) is 5.81. The average Bonchev–Trinajstić information content (AvgIpc) is 2.80. The number of aromatic nitrogens is 3. The molecule has 0 aliphatic carbocycles. The van der Waals surface area contributed by atoms with Gasteiger partial charge in [-0.2, -0.15) is 5.10 Å². The van der Waals surface area contributed by atoms with Gasteiger partial charge >= 0.3 is 0 Å². The molecule has 1 saturated heterocycles. The smallest absolute Gasteiger partial charge is 0.137 e. The van der Waals surface area contributed by atoms with Crippen LogP contribution < -0.4 is 5.32 Å². The molecule has 1 aliphatic heterocycles. The molecule has 0 saturated carbocycles. The fourth-order valence-corrected chi connectivity index (χ4v) is 3.21. The molecule has 0 unspecified atom stereocenters. The highest BCUT2D eigenvalue weighted by Gasteiger charge is 2.16. The van der Waals surface area contributed by atoms with Crippen molar-refractivity contribution in [3.05, 3.63) is 12.2 Å². The number of aryl methyl sites for hydroxylation is 1. The first-order valence-corrected chi connectivity index (χ1v) is 7.26. The molecular weight excluding hydrogens is 224 g/mol. The van der Waals surface area contributed by atoms with Gasteiger partial charge in [-0.05, 0) is 25.8 Å². The van der Waals surface area contributed by atoms with Crippen LogP contribution >= 0.6 is 0 Å². The Kier molecular flexibility index (Phi) is 4.47. The van der Waals surface area contributed by atoms with Crippen molar-refractivity contribution >= 4 is 10.8 Å². The lowest BCUT2D eigenvalue weighted by Gasteiger charge is -2.22. The van der Waals surface area contributed by atoms with Gasteiger partial charge in [-0.3, -0.25) is 9.31 Å². The fraction of sp³-hybridized carbons (Fsp3) is 0.800. The van der Waals surface area contributed by atoms with Crippen molar-refractivity contribution in [1.82, 2.24) is 20.5 Å². The summed E-state index contributed by atoms with van der Waals surface area (Å²) in [4.78, 5) is 4.08. The number of hydrogen-bond donors (Lipinski definition) is 2. The molecule has 90 valence electrons. The topological polar surface area (TPSA) is 70.7 Å². The molecule has 1 aromatic rings. The highest BCUT2D eigenvalue weighted by Crippen LogP contribution is 2.08. The lowest BCUT2D eigenvalue weighted by Crippen LogP contribution is -2.36. The molecule has 0 atom stereocenters. The molecule has 0 amide bonds. The van der Waals surface area contributed by atoms with Gasteiger partial charge in [0.2, 0.25) is 0 Å². The standard InChI is InChI=1S/C10H18N4OS/c15-16-6-3-9(4-7-16)11-5-1-2-10-12-8-13-14-10/h8-9,11H,1-7H2,(H,12,13,14). The van der Waals surface area contributed by atoms with Gasteiger partial charge in [0.25, 0.3) is 0 Å². The van der Waals surface area contributed by atoms with Crippen molar-refractivity contribution in [2.24, 2.45) is 0 Å². The van der Waals surface area contributed by atoms with Gasteiger partial charge in [0.1, 0.15) is 12.2 Å². The molecule has 1 aliphatic rings. The molecule has 1 fully saturated rings. The third kappa shape index (κ3) is 3.68. The van der Waals surface area contributed by atoms with Gasteiger partial charge < -0.3 is 5.32 Å². The van der Waals surface area contributed by atoms with E-state index in [1.165, 1.54) is 0 Å². The largest absolute Gasteiger partial charge is 0.314 e. The van der Waals surface area contributed by atoms with Crippen molar-refractivity contribution in [3.8, 4) is 0 Å². The van der Waals surface area contributed by atoms with E-state index >= 15 is 0 Å². The summed E-state index contributed by atoms with van der Waals surface area (Å²) in [5, 5.41) is 10.2. The maximum absolute atomic E-state index is 11.2. The van der Waals surface area contributed by atoms with E-state index in [2.05, 4.69) is 20.5 Å². The first-order valence-electron chi connectivity index (χ1n) is 5.77. The zero-order chi connectivity index (χ0) is 11.2. The van der Waals surface area contributed by atoms with Crippen LogP contribution in [0.3, 0.4) is 0 Å². The summed E-state index contributed by atoms with van der Waals surface area (Å²) >= 11 is 0. The van der Waals surface area contributed by atoms with Gasteiger partial charge in [0.15, 0.2) is 0 Å². The minimum Gasteiger partial charge on any atom is -0.314 e. The molecule has 2 rings (SSSR count). The summed E-state index contributed by atoms with van der Waals surface area (Å²) in [6.07, 6.45) is 5.64. The number of hydrogen-bond acceptors (Lipinski definition) is 4. The quantitative estimate of drug-likeness (QED) is 0.726. The average molecular weight is 242 g/mol. The zero-order valence-electron chi connectivity index (χ0n) is 9.32. The number of H-pyrrole nitrogens is 1.